The monoisotopic (exact) mass is 302 g/mol. The molecule has 0 spiro atoms. The van der Waals surface area contributed by atoms with Gasteiger partial charge in [-0.25, -0.2) is 4.98 Å². The number of rotatable bonds is 5. The van der Waals surface area contributed by atoms with E-state index in [0.717, 1.165) is 25.9 Å². The number of hydrogen-bond acceptors (Lipinski definition) is 5. The zero-order valence-corrected chi connectivity index (χ0v) is 12.5. The van der Waals surface area contributed by atoms with Crippen LogP contribution in [-0.2, 0) is 6.42 Å². The Hall–Kier alpha value is -2.08. The zero-order valence-electron chi connectivity index (χ0n) is 11.7. The van der Waals surface area contributed by atoms with Crippen molar-refractivity contribution in [2.75, 3.05) is 30.3 Å². The second-order valence-corrected chi connectivity index (χ2v) is 5.94. The maximum atomic E-state index is 11.8. The van der Waals surface area contributed by atoms with Crippen molar-refractivity contribution < 1.29 is 4.79 Å². The number of hydrogen-bond donors (Lipinski definition) is 2. The third-order valence-corrected chi connectivity index (χ3v) is 4.30. The molecule has 1 aromatic carbocycles. The molecule has 0 bridgehead atoms. The molecule has 0 radical (unpaired) electrons. The maximum Gasteiger partial charge on any atom is 0.270 e. The molecule has 1 aliphatic heterocycles. The van der Waals surface area contributed by atoms with E-state index < -0.39 is 0 Å². The van der Waals surface area contributed by atoms with E-state index in [0.29, 0.717) is 17.4 Å². The summed E-state index contributed by atoms with van der Waals surface area (Å²) in [7, 11) is 0. The molecule has 0 fully saturated rings. The van der Waals surface area contributed by atoms with Crippen LogP contribution in [0.15, 0.2) is 29.6 Å². The number of carbonyl (C=O) groups excluding carboxylic acids is 1. The molecule has 0 saturated heterocycles. The van der Waals surface area contributed by atoms with Crippen molar-refractivity contribution in [3.8, 4) is 0 Å². The highest BCUT2D eigenvalue weighted by atomic mass is 32.1. The van der Waals surface area contributed by atoms with Crippen molar-refractivity contribution in [2.24, 2.45) is 0 Å². The minimum absolute atomic E-state index is 0.148. The lowest BCUT2D eigenvalue weighted by Crippen LogP contribution is -2.29. The number of carbonyl (C=O) groups is 1. The summed E-state index contributed by atoms with van der Waals surface area (Å²) in [6.45, 7) is 2.67. The number of fused-ring (bicyclic) bond motifs is 1. The van der Waals surface area contributed by atoms with E-state index in [-0.39, 0.29) is 5.91 Å². The molecular formula is C15H18N4OS. The van der Waals surface area contributed by atoms with Crippen LogP contribution in [0.3, 0.4) is 0 Å². The third-order valence-electron chi connectivity index (χ3n) is 3.63. The lowest BCUT2D eigenvalue weighted by Gasteiger charge is -2.19. The fourth-order valence-corrected chi connectivity index (χ4v) is 3.14. The lowest BCUT2D eigenvalue weighted by atomic mass is 10.2. The molecule has 2 heterocycles. The first kappa shape index (κ1) is 13.9. The number of para-hydroxylation sites is 1. The van der Waals surface area contributed by atoms with Crippen LogP contribution in [0.2, 0.25) is 0 Å². The number of benzene rings is 1. The van der Waals surface area contributed by atoms with Gasteiger partial charge in [0.05, 0.1) is 0 Å². The van der Waals surface area contributed by atoms with E-state index in [1.54, 1.807) is 5.38 Å². The van der Waals surface area contributed by atoms with E-state index in [9.17, 15) is 4.79 Å². The first-order valence-electron chi connectivity index (χ1n) is 7.06. The first-order valence-corrected chi connectivity index (χ1v) is 7.94. The van der Waals surface area contributed by atoms with Crippen molar-refractivity contribution in [1.82, 2.24) is 10.3 Å². The Morgan fingerprint density at radius 1 is 1.43 bits per heavy atom. The fourth-order valence-electron chi connectivity index (χ4n) is 2.59. The van der Waals surface area contributed by atoms with E-state index in [1.807, 2.05) is 0 Å². The van der Waals surface area contributed by atoms with Gasteiger partial charge < -0.3 is 16.0 Å². The van der Waals surface area contributed by atoms with Gasteiger partial charge >= 0.3 is 0 Å². The summed E-state index contributed by atoms with van der Waals surface area (Å²) in [5, 5.41) is 4.99. The quantitative estimate of drug-likeness (QED) is 0.828. The van der Waals surface area contributed by atoms with Crippen molar-refractivity contribution in [3.05, 3.63) is 40.9 Å². The highest BCUT2D eigenvalue weighted by Gasteiger charge is 2.17. The van der Waals surface area contributed by atoms with Crippen molar-refractivity contribution in [3.63, 3.8) is 0 Å². The molecule has 0 unspecified atom stereocenters. The van der Waals surface area contributed by atoms with Crippen LogP contribution < -0.4 is 16.0 Å². The fraction of sp³-hybridized carbons (Fsp3) is 0.333. The zero-order chi connectivity index (χ0) is 14.7. The molecule has 1 aliphatic rings. The van der Waals surface area contributed by atoms with Crippen LogP contribution in [-0.4, -0.2) is 30.5 Å². The predicted molar refractivity (Wildman–Crippen MR) is 85.8 cm³/mol. The first-order chi connectivity index (χ1) is 10.2. The number of nitrogens with one attached hydrogen (secondary N) is 1. The Labute approximate surface area is 127 Å². The van der Waals surface area contributed by atoms with Gasteiger partial charge in [0.2, 0.25) is 0 Å². The molecule has 6 heteroatoms. The predicted octanol–water partition coefficient (Wildman–Crippen LogP) is 1.91. The minimum atomic E-state index is -0.148. The van der Waals surface area contributed by atoms with Crippen LogP contribution >= 0.6 is 11.3 Å². The Morgan fingerprint density at radius 3 is 3.10 bits per heavy atom. The number of amides is 1. The number of anilines is 2. The van der Waals surface area contributed by atoms with E-state index in [4.69, 9.17) is 5.73 Å². The van der Waals surface area contributed by atoms with Crippen LogP contribution in [0.4, 0.5) is 10.8 Å². The molecule has 0 atom stereocenters. The number of nitrogen functional groups attached to an aromatic ring is 1. The Morgan fingerprint density at radius 2 is 2.29 bits per heavy atom. The second-order valence-electron chi connectivity index (χ2n) is 5.05. The minimum Gasteiger partial charge on any atom is -0.375 e. The summed E-state index contributed by atoms with van der Waals surface area (Å²) >= 11 is 1.28. The molecule has 0 saturated carbocycles. The molecule has 5 nitrogen and oxygen atoms in total. The van der Waals surface area contributed by atoms with Gasteiger partial charge in [-0.1, -0.05) is 18.2 Å². The van der Waals surface area contributed by atoms with Crippen LogP contribution in [0.1, 0.15) is 22.5 Å². The van der Waals surface area contributed by atoms with Gasteiger partial charge in [-0.3, -0.25) is 4.79 Å². The Kier molecular flexibility index (Phi) is 4.06. The van der Waals surface area contributed by atoms with Gasteiger partial charge in [0.25, 0.3) is 5.91 Å². The largest absolute Gasteiger partial charge is 0.375 e. The molecule has 3 rings (SSSR count). The van der Waals surface area contributed by atoms with Gasteiger partial charge in [-0.15, -0.1) is 11.3 Å². The van der Waals surface area contributed by atoms with E-state index >= 15 is 0 Å². The van der Waals surface area contributed by atoms with Gasteiger partial charge in [0.15, 0.2) is 5.13 Å². The van der Waals surface area contributed by atoms with Gasteiger partial charge in [0.1, 0.15) is 5.69 Å². The summed E-state index contributed by atoms with van der Waals surface area (Å²) in [6, 6.07) is 8.51. The lowest BCUT2D eigenvalue weighted by molar-refractivity contribution is 0.0949. The third kappa shape index (κ3) is 3.16. The highest BCUT2D eigenvalue weighted by molar-refractivity contribution is 7.13. The average molecular weight is 302 g/mol. The van der Waals surface area contributed by atoms with Crippen LogP contribution in [0.5, 0.6) is 0 Å². The second kappa shape index (κ2) is 6.13. The molecule has 3 N–H and O–H groups in total. The highest BCUT2D eigenvalue weighted by Crippen LogP contribution is 2.27. The Balaban J connectivity index is 1.44. The molecule has 21 heavy (non-hydrogen) atoms. The van der Waals surface area contributed by atoms with Crippen molar-refractivity contribution in [2.45, 2.75) is 12.8 Å². The number of nitrogens with zero attached hydrogens (tertiary/aromatic N) is 2. The number of thiazole rings is 1. The van der Waals surface area contributed by atoms with Crippen molar-refractivity contribution >= 4 is 28.1 Å². The maximum absolute atomic E-state index is 11.8. The van der Waals surface area contributed by atoms with Crippen LogP contribution in [0, 0.1) is 0 Å². The average Bonchev–Trinajstić information content (AvgIpc) is 3.10. The molecule has 2 aromatic rings. The Bertz CT molecular complexity index is 640. The summed E-state index contributed by atoms with van der Waals surface area (Å²) in [6.07, 6.45) is 2.03. The standard InChI is InChI=1S/C15H18N4OS/c16-15-18-12(10-21-15)14(20)17-7-3-8-19-9-6-11-4-1-2-5-13(11)19/h1-2,4-5,10H,3,6-9H2,(H2,16,18)(H,17,20). The van der Waals surface area contributed by atoms with Gasteiger partial charge in [-0.2, -0.15) is 0 Å². The van der Waals surface area contributed by atoms with Crippen LogP contribution in [0.25, 0.3) is 0 Å². The van der Waals surface area contributed by atoms with E-state index in [1.165, 1.54) is 22.6 Å². The number of nitrogens with two attached hydrogens (primary N) is 1. The summed E-state index contributed by atoms with van der Waals surface area (Å²) in [5.41, 5.74) is 8.67. The normalized spacial score (nSPS) is 13.2. The summed E-state index contributed by atoms with van der Waals surface area (Å²) < 4.78 is 0. The molecular weight excluding hydrogens is 284 g/mol. The van der Waals surface area contributed by atoms with Crippen molar-refractivity contribution in [1.29, 1.82) is 0 Å². The topological polar surface area (TPSA) is 71.2 Å². The smallest absolute Gasteiger partial charge is 0.270 e. The molecule has 110 valence electrons. The molecule has 1 aromatic heterocycles. The van der Waals surface area contributed by atoms with Gasteiger partial charge in [-0.05, 0) is 24.5 Å². The molecule has 1 amide bonds. The van der Waals surface area contributed by atoms with Gasteiger partial charge in [0, 0.05) is 30.7 Å². The number of aromatic nitrogens is 1. The summed E-state index contributed by atoms with van der Waals surface area (Å²) in [5.74, 6) is -0.148. The van der Waals surface area contributed by atoms with E-state index in [2.05, 4.69) is 39.5 Å². The SMILES string of the molecule is Nc1nc(C(=O)NCCCN2CCc3ccccc32)cs1. The summed E-state index contributed by atoms with van der Waals surface area (Å²) in [4.78, 5) is 18.2. The molecule has 0 aliphatic carbocycles.